The van der Waals surface area contributed by atoms with Crippen LogP contribution in [0.5, 0.6) is 0 Å². The first kappa shape index (κ1) is 16.4. The number of rotatable bonds is 3. The highest BCUT2D eigenvalue weighted by molar-refractivity contribution is 5.57. The Morgan fingerprint density at radius 2 is 1.52 bits per heavy atom. The Morgan fingerprint density at radius 3 is 2.00 bits per heavy atom. The first-order chi connectivity index (χ1) is 10.1. The molecule has 2 aromatic rings. The number of nitriles is 1. The van der Waals surface area contributed by atoms with Gasteiger partial charge in [-0.05, 0) is 42.5 Å². The van der Waals surface area contributed by atoms with Gasteiger partial charge in [0.05, 0.1) is 11.6 Å². The average Bonchev–Trinajstić information content (AvgIpc) is 2.55. The predicted molar refractivity (Wildman–Crippen MR) is 91.0 cm³/mol. The first-order valence-corrected chi connectivity index (χ1v) is 6.73. The molecule has 2 aromatic carbocycles. The normalized spacial score (nSPS) is 8.90. The Bertz CT molecular complexity index is 582. The van der Waals surface area contributed by atoms with E-state index in [2.05, 4.69) is 33.7 Å². The highest BCUT2D eigenvalue weighted by Crippen LogP contribution is 2.16. The number of nitrogens with zero attached hydrogens (tertiary/aromatic N) is 2. The maximum atomic E-state index is 8.43. The van der Waals surface area contributed by atoms with E-state index >= 15 is 0 Å². The molecule has 21 heavy (non-hydrogen) atoms. The molecule has 0 aromatic heterocycles. The number of anilines is 3. The van der Waals surface area contributed by atoms with E-state index in [9.17, 15) is 0 Å². The van der Waals surface area contributed by atoms with Crippen LogP contribution in [0.2, 0.25) is 0 Å². The summed E-state index contributed by atoms with van der Waals surface area (Å²) in [5.74, 6) is 0. The monoisotopic (exact) mass is 282 g/mol. The lowest BCUT2D eigenvalue weighted by molar-refractivity contribution is 1.13. The molecule has 4 heteroatoms. The van der Waals surface area contributed by atoms with Gasteiger partial charge in [0.25, 0.3) is 0 Å². The maximum Gasteiger partial charge on any atom is 0.0991 e. The molecule has 0 saturated heterocycles. The van der Waals surface area contributed by atoms with Crippen molar-refractivity contribution in [2.24, 2.45) is 0 Å². The molecule has 0 heterocycles. The SMILES string of the molecule is CNc1ccc(C#N)cc1.CNc1cccc(N(C)C)c1. The van der Waals surface area contributed by atoms with Gasteiger partial charge < -0.3 is 15.5 Å². The van der Waals surface area contributed by atoms with Crippen LogP contribution < -0.4 is 15.5 Å². The van der Waals surface area contributed by atoms with Crippen molar-refractivity contribution in [2.45, 2.75) is 0 Å². The van der Waals surface area contributed by atoms with Crippen molar-refractivity contribution in [3.05, 3.63) is 54.1 Å². The lowest BCUT2D eigenvalue weighted by atomic mass is 10.2. The summed E-state index contributed by atoms with van der Waals surface area (Å²) in [6.45, 7) is 0. The highest BCUT2D eigenvalue weighted by atomic mass is 15.1. The molecular weight excluding hydrogens is 260 g/mol. The van der Waals surface area contributed by atoms with E-state index in [1.807, 2.05) is 52.5 Å². The summed E-state index contributed by atoms with van der Waals surface area (Å²) in [7, 11) is 7.85. The smallest absolute Gasteiger partial charge is 0.0991 e. The molecule has 0 fully saturated rings. The third-order valence-electron chi connectivity index (χ3n) is 2.95. The van der Waals surface area contributed by atoms with E-state index in [4.69, 9.17) is 5.26 Å². The number of nitrogens with one attached hydrogen (secondary N) is 2. The molecule has 0 atom stereocenters. The highest BCUT2D eigenvalue weighted by Gasteiger charge is 1.94. The van der Waals surface area contributed by atoms with E-state index in [1.165, 1.54) is 5.69 Å². The minimum absolute atomic E-state index is 0.694. The minimum atomic E-state index is 0.694. The van der Waals surface area contributed by atoms with Gasteiger partial charge in [0, 0.05) is 45.3 Å². The lowest BCUT2D eigenvalue weighted by Gasteiger charge is -2.13. The summed E-state index contributed by atoms with van der Waals surface area (Å²) in [5, 5.41) is 14.5. The fourth-order valence-electron chi connectivity index (χ4n) is 1.65. The van der Waals surface area contributed by atoms with Gasteiger partial charge in [-0.1, -0.05) is 6.07 Å². The molecule has 0 amide bonds. The fourth-order valence-corrected chi connectivity index (χ4v) is 1.65. The van der Waals surface area contributed by atoms with Crippen molar-refractivity contribution >= 4 is 17.1 Å². The van der Waals surface area contributed by atoms with E-state index in [-0.39, 0.29) is 0 Å². The summed E-state index contributed by atoms with van der Waals surface area (Å²) in [4.78, 5) is 2.08. The van der Waals surface area contributed by atoms with Gasteiger partial charge in [0.1, 0.15) is 0 Å². The number of hydrogen-bond donors (Lipinski definition) is 2. The molecule has 0 aliphatic carbocycles. The fraction of sp³-hybridized carbons (Fsp3) is 0.235. The van der Waals surface area contributed by atoms with Crippen LogP contribution in [0.1, 0.15) is 5.56 Å². The molecule has 0 aliphatic heterocycles. The van der Waals surface area contributed by atoms with Gasteiger partial charge in [-0.2, -0.15) is 5.26 Å². The Morgan fingerprint density at radius 1 is 0.905 bits per heavy atom. The van der Waals surface area contributed by atoms with Crippen molar-refractivity contribution in [1.29, 1.82) is 5.26 Å². The van der Waals surface area contributed by atoms with E-state index < -0.39 is 0 Å². The molecule has 0 spiro atoms. The molecule has 0 radical (unpaired) electrons. The summed E-state index contributed by atoms with van der Waals surface area (Å²) < 4.78 is 0. The average molecular weight is 282 g/mol. The van der Waals surface area contributed by atoms with Crippen LogP contribution in [-0.4, -0.2) is 28.2 Å². The minimum Gasteiger partial charge on any atom is -0.388 e. The standard InChI is InChI=1S/C9H14N2.C8H8N2/c1-10-8-5-4-6-9(7-8)11(2)3;1-10-8-4-2-7(6-9)3-5-8/h4-7,10H,1-3H3;2-5,10H,1H3. The van der Waals surface area contributed by atoms with Gasteiger partial charge >= 0.3 is 0 Å². The topological polar surface area (TPSA) is 51.1 Å². The second-order valence-electron chi connectivity index (χ2n) is 4.63. The molecule has 0 bridgehead atoms. The zero-order valence-electron chi connectivity index (χ0n) is 13.0. The van der Waals surface area contributed by atoms with Gasteiger partial charge in [-0.15, -0.1) is 0 Å². The van der Waals surface area contributed by atoms with Crippen molar-refractivity contribution in [3.8, 4) is 6.07 Å². The summed E-state index contributed by atoms with van der Waals surface area (Å²) >= 11 is 0. The van der Waals surface area contributed by atoms with E-state index in [1.54, 1.807) is 12.1 Å². The van der Waals surface area contributed by atoms with Crippen LogP contribution in [0.3, 0.4) is 0 Å². The quantitative estimate of drug-likeness (QED) is 0.906. The van der Waals surface area contributed by atoms with E-state index in [0.29, 0.717) is 5.56 Å². The third-order valence-corrected chi connectivity index (χ3v) is 2.95. The Hall–Kier alpha value is -2.67. The van der Waals surface area contributed by atoms with Crippen LogP contribution in [0.15, 0.2) is 48.5 Å². The van der Waals surface area contributed by atoms with Crippen LogP contribution in [0.25, 0.3) is 0 Å². The Labute approximate surface area is 127 Å². The molecule has 2 rings (SSSR count). The molecule has 110 valence electrons. The molecule has 0 unspecified atom stereocenters. The lowest BCUT2D eigenvalue weighted by Crippen LogP contribution is -2.08. The van der Waals surface area contributed by atoms with Crippen molar-refractivity contribution < 1.29 is 0 Å². The van der Waals surface area contributed by atoms with Crippen molar-refractivity contribution in [1.82, 2.24) is 0 Å². The zero-order valence-corrected chi connectivity index (χ0v) is 13.0. The molecular formula is C17H22N4. The van der Waals surface area contributed by atoms with Crippen LogP contribution in [-0.2, 0) is 0 Å². The number of hydrogen-bond acceptors (Lipinski definition) is 4. The third kappa shape index (κ3) is 5.45. The van der Waals surface area contributed by atoms with Crippen molar-refractivity contribution in [3.63, 3.8) is 0 Å². The first-order valence-electron chi connectivity index (χ1n) is 6.73. The van der Waals surface area contributed by atoms with E-state index in [0.717, 1.165) is 11.4 Å². The molecule has 0 saturated carbocycles. The summed E-state index contributed by atoms with van der Waals surface area (Å²) in [6.07, 6.45) is 0. The second kappa shape index (κ2) is 8.49. The van der Waals surface area contributed by atoms with Crippen molar-refractivity contribution in [2.75, 3.05) is 43.7 Å². The molecule has 2 N–H and O–H groups in total. The summed E-state index contributed by atoms with van der Waals surface area (Å²) in [5.41, 5.74) is 4.09. The largest absolute Gasteiger partial charge is 0.388 e. The number of benzene rings is 2. The Kier molecular flexibility index (Phi) is 6.62. The zero-order chi connectivity index (χ0) is 15.7. The van der Waals surface area contributed by atoms with Crippen LogP contribution in [0.4, 0.5) is 17.1 Å². The van der Waals surface area contributed by atoms with Gasteiger partial charge in [-0.25, -0.2) is 0 Å². The predicted octanol–water partition coefficient (Wildman–Crippen LogP) is 3.39. The maximum absolute atomic E-state index is 8.43. The second-order valence-corrected chi connectivity index (χ2v) is 4.63. The molecule has 4 nitrogen and oxygen atoms in total. The van der Waals surface area contributed by atoms with Gasteiger partial charge in [0.2, 0.25) is 0 Å². The molecule has 0 aliphatic rings. The van der Waals surface area contributed by atoms with Crippen LogP contribution in [0, 0.1) is 11.3 Å². The Balaban J connectivity index is 0.000000211. The van der Waals surface area contributed by atoms with Gasteiger partial charge in [-0.3, -0.25) is 0 Å². The van der Waals surface area contributed by atoms with Gasteiger partial charge in [0.15, 0.2) is 0 Å². The van der Waals surface area contributed by atoms with Crippen LogP contribution >= 0.6 is 0 Å². The summed E-state index contributed by atoms with van der Waals surface area (Å²) in [6, 6.07) is 17.7.